The Hall–Kier alpha value is -0.410. The van der Waals surface area contributed by atoms with Gasteiger partial charge in [0.15, 0.2) is 0 Å². The molecule has 0 saturated carbocycles. The lowest BCUT2D eigenvalue weighted by Crippen LogP contribution is -2.12. The van der Waals surface area contributed by atoms with Crippen LogP contribution in [0, 0.1) is 5.82 Å². The summed E-state index contributed by atoms with van der Waals surface area (Å²) in [4.78, 5) is 0. The summed E-state index contributed by atoms with van der Waals surface area (Å²) in [6.07, 6.45) is 0. The van der Waals surface area contributed by atoms with Gasteiger partial charge in [0.05, 0.1) is 23.5 Å². The lowest BCUT2D eigenvalue weighted by molar-refractivity contribution is 0.230. The average molecular weight is 267 g/mol. The van der Waals surface area contributed by atoms with Crippen molar-refractivity contribution in [1.82, 2.24) is 0 Å². The zero-order valence-electron chi connectivity index (χ0n) is 9.07. The normalized spacial score (nSPS) is 11.8. The molecule has 0 bridgehead atoms. The van der Waals surface area contributed by atoms with Crippen LogP contribution in [-0.4, -0.2) is 13.2 Å². The fraction of sp³-hybridized carbons (Fsp3) is 0.400. The molecule has 1 rings (SSSR count). The van der Waals surface area contributed by atoms with Crippen molar-refractivity contribution in [2.75, 3.05) is 13.2 Å². The highest BCUT2D eigenvalue weighted by molar-refractivity contribution is 7.62. The van der Waals surface area contributed by atoms with Gasteiger partial charge >= 0.3 is 7.60 Å². The van der Waals surface area contributed by atoms with Gasteiger partial charge in [0.2, 0.25) is 0 Å². The fourth-order valence-corrected chi connectivity index (χ4v) is 3.29. The van der Waals surface area contributed by atoms with Crippen LogP contribution in [0.1, 0.15) is 13.8 Å². The van der Waals surface area contributed by atoms with Gasteiger partial charge in [0.1, 0.15) is 5.82 Å². The SMILES string of the molecule is CCOP(=O)(OCC)c1cc(F)ccc1Cl. The Balaban J connectivity index is 3.20. The average Bonchev–Trinajstić information content (AvgIpc) is 2.22. The summed E-state index contributed by atoms with van der Waals surface area (Å²) in [7, 11) is -3.51. The van der Waals surface area contributed by atoms with Crippen LogP contribution in [0.2, 0.25) is 5.02 Å². The third kappa shape index (κ3) is 3.05. The minimum Gasteiger partial charge on any atom is -0.305 e. The lowest BCUT2D eigenvalue weighted by atomic mass is 10.3. The van der Waals surface area contributed by atoms with Crippen LogP contribution in [0.5, 0.6) is 0 Å². The van der Waals surface area contributed by atoms with E-state index in [4.69, 9.17) is 20.6 Å². The molecule has 1 aromatic rings. The summed E-state index contributed by atoms with van der Waals surface area (Å²) in [5, 5.41) is 0.240. The Labute approximate surface area is 99.1 Å². The molecule has 0 atom stereocenters. The van der Waals surface area contributed by atoms with Crippen LogP contribution >= 0.6 is 19.2 Å². The van der Waals surface area contributed by atoms with Gasteiger partial charge in [-0.25, -0.2) is 4.39 Å². The zero-order chi connectivity index (χ0) is 12.2. The Bertz CT molecular complexity index is 401. The van der Waals surface area contributed by atoms with E-state index in [-0.39, 0.29) is 23.5 Å². The maximum atomic E-state index is 13.1. The van der Waals surface area contributed by atoms with E-state index in [9.17, 15) is 8.96 Å². The molecule has 0 aromatic heterocycles. The number of halogens is 2. The van der Waals surface area contributed by atoms with E-state index >= 15 is 0 Å². The summed E-state index contributed by atoms with van der Waals surface area (Å²) in [5.74, 6) is -0.529. The molecule has 0 N–H and O–H groups in total. The highest BCUT2D eigenvalue weighted by atomic mass is 35.5. The van der Waals surface area contributed by atoms with Crippen molar-refractivity contribution in [3.8, 4) is 0 Å². The molecular weight excluding hydrogens is 254 g/mol. The van der Waals surface area contributed by atoms with Crippen LogP contribution in [0.25, 0.3) is 0 Å². The third-order valence-electron chi connectivity index (χ3n) is 1.80. The van der Waals surface area contributed by atoms with E-state index in [1.165, 1.54) is 12.1 Å². The number of rotatable bonds is 5. The van der Waals surface area contributed by atoms with Crippen molar-refractivity contribution in [1.29, 1.82) is 0 Å². The Morgan fingerprint density at radius 2 is 1.88 bits per heavy atom. The van der Waals surface area contributed by atoms with Gasteiger partial charge in [-0.05, 0) is 32.0 Å². The molecule has 0 aliphatic heterocycles. The molecule has 0 unspecified atom stereocenters. The smallest absolute Gasteiger partial charge is 0.305 e. The minimum absolute atomic E-state index is 0.0675. The molecule has 0 fully saturated rings. The summed E-state index contributed by atoms with van der Waals surface area (Å²) in [6.45, 7) is 3.76. The Morgan fingerprint density at radius 3 is 2.38 bits per heavy atom. The summed E-state index contributed by atoms with van der Waals surface area (Å²) < 4.78 is 35.5. The topological polar surface area (TPSA) is 35.5 Å². The van der Waals surface area contributed by atoms with Gasteiger partial charge < -0.3 is 9.05 Å². The first-order valence-corrected chi connectivity index (χ1v) is 6.80. The molecule has 0 aliphatic rings. The van der Waals surface area contributed by atoms with Crippen LogP contribution in [0.15, 0.2) is 18.2 Å². The molecule has 0 heterocycles. The van der Waals surface area contributed by atoms with Crippen molar-refractivity contribution < 1.29 is 18.0 Å². The molecule has 0 aliphatic carbocycles. The van der Waals surface area contributed by atoms with Gasteiger partial charge in [0, 0.05) is 0 Å². The fourth-order valence-electron chi connectivity index (χ4n) is 1.21. The minimum atomic E-state index is -3.51. The monoisotopic (exact) mass is 266 g/mol. The summed E-state index contributed by atoms with van der Waals surface area (Å²) in [6, 6.07) is 3.60. The maximum Gasteiger partial charge on any atom is 0.362 e. The van der Waals surface area contributed by atoms with Gasteiger partial charge in [-0.2, -0.15) is 0 Å². The maximum absolute atomic E-state index is 13.1. The summed E-state index contributed by atoms with van der Waals surface area (Å²) >= 11 is 5.85. The lowest BCUT2D eigenvalue weighted by Gasteiger charge is -2.18. The molecule has 1 aromatic carbocycles. The van der Waals surface area contributed by atoms with Gasteiger partial charge in [0.25, 0.3) is 0 Å². The van der Waals surface area contributed by atoms with Gasteiger partial charge in [-0.1, -0.05) is 11.6 Å². The predicted molar refractivity (Wildman–Crippen MR) is 61.9 cm³/mol. The molecule has 16 heavy (non-hydrogen) atoms. The van der Waals surface area contributed by atoms with Crippen molar-refractivity contribution in [3.05, 3.63) is 29.0 Å². The van der Waals surface area contributed by atoms with Crippen LogP contribution in [-0.2, 0) is 13.6 Å². The molecule has 0 radical (unpaired) electrons. The molecule has 6 heteroatoms. The van der Waals surface area contributed by atoms with E-state index in [0.29, 0.717) is 0 Å². The van der Waals surface area contributed by atoms with E-state index in [0.717, 1.165) is 6.07 Å². The quantitative estimate of drug-likeness (QED) is 0.767. The second kappa shape index (κ2) is 5.78. The van der Waals surface area contributed by atoms with Crippen molar-refractivity contribution in [3.63, 3.8) is 0 Å². The van der Waals surface area contributed by atoms with Gasteiger partial charge in [-0.15, -0.1) is 0 Å². The standard InChI is InChI=1S/C10H13ClFO3P/c1-3-14-16(13,15-4-2)10-7-8(12)5-6-9(10)11/h5-7H,3-4H2,1-2H3. The Morgan fingerprint density at radius 1 is 1.31 bits per heavy atom. The highest BCUT2D eigenvalue weighted by Crippen LogP contribution is 2.48. The van der Waals surface area contributed by atoms with Crippen LogP contribution < -0.4 is 5.30 Å². The predicted octanol–water partition coefficient (Wildman–Crippen LogP) is 3.37. The van der Waals surface area contributed by atoms with Crippen LogP contribution in [0.3, 0.4) is 0 Å². The first kappa shape index (κ1) is 13.7. The van der Waals surface area contributed by atoms with Gasteiger partial charge in [-0.3, -0.25) is 4.57 Å². The van der Waals surface area contributed by atoms with Crippen molar-refractivity contribution in [2.45, 2.75) is 13.8 Å². The molecule has 0 saturated heterocycles. The Kier molecular flexibility index (Phi) is 4.93. The van der Waals surface area contributed by atoms with E-state index in [2.05, 4.69) is 0 Å². The first-order chi connectivity index (χ1) is 7.53. The molecular formula is C10H13ClFO3P. The van der Waals surface area contributed by atoms with E-state index in [1.807, 2.05) is 0 Å². The van der Waals surface area contributed by atoms with Crippen molar-refractivity contribution in [2.24, 2.45) is 0 Å². The molecule has 0 spiro atoms. The highest BCUT2D eigenvalue weighted by Gasteiger charge is 2.29. The number of hydrogen-bond donors (Lipinski definition) is 0. The first-order valence-electron chi connectivity index (χ1n) is 4.88. The second-order valence-corrected chi connectivity index (χ2v) is 5.33. The second-order valence-electron chi connectivity index (χ2n) is 2.93. The molecule has 0 amide bonds. The summed E-state index contributed by atoms with van der Waals surface area (Å²) in [5.41, 5.74) is 0. The third-order valence-corrected chi connectivity index (χ3v) is 4.42. The zero-order valence-corrected chi connectivity index (χ0v) is 10.7. The largest absolute Gasteiger partial charge is 0.362 e. The number of benzene rings is 1. The van der Waals surface area contributed by atoms with E-state index in [1.54, 1.807) is 13.8 Å². The van der Waals surface area contributed by atoms with Crippen LogP contribution in [0.4, 0.5) is 4.39 Å². The number of hydrogen-bond acceptors (Lipinski definition) is 3. The molecule has 90 valence electrons. The molecule has 3 nitrogen and oxygen atoms in total. The van der Waals surface area contributed by atoms with Crippen molar-refractivity contribution >= 4 is 24.5 Å². The van der Waals surface area contributed by atoms with E-state index < -0.39 is 13.4 Å².